The third-order valence-corrected chi connectivity index (χ3v) is 6.58. The molecule has 1 unspecified atom stereocenters. The summed E-state index contributed by atoms with van der Waals surface area (Å²) in [5.41, 5.74) is 4.24. The van der Waals surface area contributed by atoms with Crippen LogP contribution in [-0.2, 0) is 16.0 Å². The van der Waals surface area contributed by atoms with Crippen molar-refractivity contribution in [1.82, 2.24) is 19.8 Å². The van der Waals surface area contributed by atoms with E-state index in [2.05, 4.69) is 49.4 Å². The zero-order chi connectivity index (χ0) is 25.3. The first kappa shape index (κ1) is 25.6. The second-order valence-corrected chi connectivity index (χ2v) is 8.90. The SMILES string of the molecule is CCOC(=O)C(C)N1CCN(CCc2ccc(Nc3ncc(-c4ccc(OC)cc4)cn3)cc2)CC1. The molecular weight excluding hydrogens is 454 g/mol. The van der Waals surface area contributed by atoms with Crippen molar-refractivity contribution in [1.29, 1.82) is 0 Å². The fraction of sp³-hybridized carbons (Fsp3) is 0.393. The predicted molar refractivity (Wildman–Crippen MR) is 142 cm³/mol. The second-order valence-electron chi connectivity index (χ2n) is 8.90. The summed E-state index contributed by atoms with van der Waals surface area (Å²) in [7, 11) is 1.66. The number of piperazine rings is 1. The molecule has 8 nitrogen and oxygen atoms in total. The van der Waals surface area contributed by atoms with Gasteiger partial charge in [-0.3, -0.25) is 9.69 Å². The van der Waals surface area contributed by atoms with E-state index in [9.17, 15) is 4.79 Å². The number of carbonyl (C=O) groups is 1. The highest BCUT2D eigenvalue weighted by Gasteiger charge is 2.26. The van der Waals surface area contributed by atoms with Gasteiger partial charge in [-0.1, -0.05) is 24.3 Å². The van der Waals surface area contributed by atoms with Crippen molar-refractivity contribution in [3.8, 4) is 16.9 Å². The number of esters is 1. The van der Waals surface area contributed by atoms with Gasteiger partial charge in [0.25, 0.3) is 0 Å². The molecule has 8 heteroatoms. The maximum Gasteiger partial charge on any atom is 0.323 e. The molecule has 2 heterocycles. The number of nitrogens with zero attached hydrogens (tertiary/aromatic N) is 4. The van der Waals surface area contributed by atoms with E-state index >= 15 is 0 Å². The molecule has 1 aliphatic rings. The van der Waals surface area contributed by atoms with Crippen LogP contribution < -0.4 is 10.1 Å². The lowest BCUT2D eigenvalue weighted by Crippen LogP contribution is -2.52. The van der Waals surface area contributed by atoms with Gasteiger partial charge in [-0.2, -0.15) is 0 Å². The largest absolute Gasteiger partial charge is 0.497 e. The number of rotatable bonds is 10. The van der Waals surface area contributed by atoms with E-state index in [0.717, 1.165) is 61.7 Å². The summed E-state index contributed by atoms with van der Waals surface area (Å²) in [6.45, 7) is 8.93. The first-order chi connectivity index (χ1) is 17.6. The highest BCUT2D eigenvalue weighted by atomic mass is 16.5. The summed E-state index contributed by atoms with van der Waals surface area (Å²) in [4.78, 5) is 25.6. The van der Waals surface area contributed by atoms with Gasteiger partial charge in [-0.05, 0) is 55.7 Å². The molecule has 0 saturated carbocycles. The molecule has 0 amide bonds. The molecule has 1 aliphatic heterocycles. The normalized spacial score (nSPS) is 15.3. The number of ether oxygens (including phenoxy) is 2. The Labute approximate surface area is 213 Å². The number of methoxy groups -OCH3 is 1. The van der Waals surface area contributed by atoms with Crippen molar-refractivity contribution >= 4 is 17.6 Å². The first-order valence-electron chi connectivity index (χ1n) is 12.5. The molecular formula is C28H35N5O3. The molecule has 1 fully saturated rings. The maximum atomic E-state index is 12.0. The molecule has 3 aromatic rings. The van der Waals surface area contributed by atoms with Crippen molar-refractivity contribution in [2.75, 3.05) is 51.8 Å². The summed E-state index contributed by atoms with van der Waals surface area (Å²) >= 11 is 0. The van der Waals surface area contributed by atoms with Crippen LogP contribution in [0, 0.1) is 0 Å². The van der Waals surface area contributed by atoms with Crippen molar-refractivity contribution in [2.24, 2.45) is 0 Å². The van der Waals surface area contributed by atoms with Crippen molar-refractivity contribution in [2.45, 2.75) is 26.3 Å². The summed E-state index contributed by atoms with van der Waals surface area (Å²) in [5.74, 6) is 1.26. The Hall–Kier alpha value is -3.49. The molecule has 0 radical (unpaired) electrons. The minimum atomic E-state index is -0.172. The number of benzene rings is 2. The van der Waals surface area contributed by atoms with E-state index in [1.807, 2.05) is 50.5 Å². The Bertz CT molecular complexity index is 1100. The van der Waals surface area contributed by atoms with Crippen molar-refractivity contribution in [3.05, 3.63) is 66.5 Å². The zero-order valence-electron chi connectivity index (χ0n) is 21.3. The van der Waals surface area contributed by atoms with Crippen LogP contribution in [0.25, 0.3) is 11.1 Å². The molecule has 0 bridgehead atoms. The first-order valence-corrected chi connectivity index (χ1v) is 12.5. The van der Waals surface area contributed by atoms with Crippen molar-refractivity contribution < 1.29 is 14.3 Å². The monoisotopic (exact) mass is 489 g/mol. The maximum absolute atomic E-state index is 12.0. The summed E-state index contributed by atoms with van der Waals surface area (Å²) in [5, 5.41) is 3.27. The molecule has 2 aromatic carbocycles. The highest BCUT2D eigenvalue weighted by Crippen LogP contribution is 2.22. The zero-order valence-corrected chi connectivity index (χ0v) is 21.3. The number of hydrogen-bond donors (Lipinski definition) is 1. The lowest BCUT2D eigenvalue weighted by Gasteiger charge is -2.37. The Morgan fingerprint density at radius 2 is 1.64 bits per heavy atom. The predicted octanol–water partition coefficient (Wildman–Crippen LogP) is 4.01. The van der Waals surface area contributed by atoms with Gasteiger partial charge in [0.05, 0.1) is 13.7 Å². The van der Waals surface area contributed by atoms with Gasteiger partial charge in [0, 0.05) is 56.4 Å². The van der Waals surface area contributed by atoms with Crippen LogP contribution in [0.5, 0.6) is 5.75 Å². The topological polar surface area (TPSA) is 79.8 Å². The van der Waals surface area contributed by atoms with E-state index in [-0.39, 0.29) is 12.0 Å². The van der Waals surface area contributed by atoms with Gasteiger partial charge in [0.15, 0.2) is 0 Å². The van der Waals surface area contributed by atoms with Crippen LogP contribution >= 0.6 is 0 Å². The average molecular weight is 490 g/mol. The van der Waals surface area contributed by atoms with Crippen LogP contribution in [-0.4, -0.2) is 78.2 Å². The molecule has 36 heavy (non-hydrogen) atoms. The number of carbonyl (C=O) groups excluding carboxylic acids is 1. The van der Waals surface area contributed by atoms with Crippen LogP contribution in [0.15, 0.2) is 60.9 Å². The molecule has 1 saturated heterocycles. The van der Waals surface area contributed by atoms with E-state index in [0.29, 0.717) is 12.6 Å². The third kappa shape index (κ3) is 6.80. The lowest BCUT2D eigenvalue weighted by molar-refractivity contribution is -0.149. The number of nitrogens with one attached hydrogen (secondary N) is 1. The molecule has 0 aliphatic carbocycles. The van der Waals surface area contributed by atoms with Gasteiger partial charge in [-0.15, -0.1) is 0 Å². The Kier molecular flexibility index (Phi) is 8.86. The van der Waals surface area contributed by atoms with Gasteiger partial charge in [0.2, 0.25) is 5.95 Å². The summed E-state index contributed by atoms with van der Waals surface area (Å²) in [6, 6.07) is 16.1. The number of anilines is 2. The van der Waals surface area contributed by atoms with E-state index in [4.69, 9.17) is 9.47 Å². The quantitative estimate of drug-likeness (QED) is 0.428. The van der Waals surface area contributed by atoms with Crippen molar-refractivity contribution in [3.63, 3.8) is 0 Å². The van der Waals surface area contributed by atoms with Crippen LogP contribution in [0.1, 0.15) is 19.4 Å². The van der Waals surface area contributed by atoms with Gasteiger partial charge >= 0.3 is 5.97 Å². The molecule has 4 rings (SSSR count). The Balaban J connectivity index is 1.22. The van der Waals surface area contributed by atoms with E-state index in [1.165, 1.54) is 5.56 Å². The van der Waals surface area contributed by atoms with E-state index < -0.39 is 0 Å². The van der Waals surface area contributed by atoms with Crippen LogP contribution in [0.2, 0.25) is 0 Å². The van der Waals surface area contributed by atoms with Gasteiger partial charge < -0.3 is 19.7 Å². The molecule has 1 atom stereocenters. The Morgan fingerprint density at radius 3 is 2.25 bits per heavy atom. The summed E-state index contributed by atoms with van der Waals surface area (Å²) < 4.78 is 10.4. The number of aromatic nitrogens is 2. The van der Waals surface area contributed by atoms with Gasteiger partial charge in [-0.25, -0.2) is 9.97 Å². The van der Waals surface area contributed by atoms with E-state index in [1.54, 1.807) is 7.11 Å². The lowest BCUT2D eigenvalue weighted by atomic mass is 10.1. The minimum Gasteiger partial charge on any atom is -0.497 e. The molecule has 1 N–H and O–H groups in total. The fourth-order valence-corrected chi connectivity index (χ4v) is 4.28. The smallest absolute Gasteiger partial charge is 0.323 e. The standard InChI is InChI=1S/C28H35N5O3/c1-4-36-27(34)21(2)33-17-15-32(16-18-33)14-13-22-5-9-25(10-6-22)31-28-29-19-24(20-30-28)23-7-11-26(35-3)12-8-23/h5-12,19-21H,4,13-18H2,1-3H3,(H,29,30,31). The molecule has 0 spiro atoms. The van der Waals surface area contributed by atoms with Crippen LogP contribution in [0.3, 0.4) is 0 Å². The average Bonchev–Trinajstić information content (AvgIpc) is 2.93. The van der Waals surface area contributed by atoms with Crippen LogP contribution in [0.4, 0.5) is 11.6 Å². The van der Waals surface area contributed by atoms with Gasteiger partial charge in [0.1, 0.15) is 11.8 Å². The Morgan fingerprint density at radius 1 is 0.972 bits per heavy atom. The minimum absolute atomic E-state index is 0.127. The second kappa shape index (κ2) is 12.5. The molecule has 190 valence electrons. The third-order valence-electron chi connectivity index (χ3n) is 6.58. The highest BCUT2D eigenvalue weighted by molar-refractivity contribution is 5.75. The summed E-state index contributed by atoms with van der Waals surface area (Å²) in [6.07, 6.45) is 4.62. The molecule has 1 aromatic heterocycles. The number of hydrogen-bond acceptors (Lipinski definition) is 8. The fourth-order valence-electron chi connectivity index (χ4n) is 4.28.